The van der Waals surface area contributed by atoms with Crippen molar-refractivity contribution in [1.29, 1.82) is 0 Å². The first-order valence-electron chi connectivity index (χ1n) is 8.46. The molecular formula is C20H20N2O4. The van der Waals surface area contributed by atoms with Gasteiger partial charge in [0.2, 0.25) is 0 Å². The van der Waals surface area contributed by atoms with Crippen LogP contribution in [-0.2, 0) is 26.3 Å². The molecule has 1 aliphatic heterocycles. The largest absolute Gasteiger partial charge is 0.465 e. The van der Waals surface area contributed by atoms with Gasteiger partial charge in [-0.1, -0.05) is 60.7 Å². The Hall–Kier alpha value is -3.15. The van der Waals surface area contributed by atoms with Crippen LogP contribution in [0.1, 0.15) is 18.1 Å². The minimum absolute atomic E-state index is 0.191. The van der Waals surface area contributed by atoms with Crippen LogP contribution in [0.25, 0.3) is 0 Å². The van der Waals surface area contributed by atoms with Crippen LogP contribution < -0.4 is 5.32 Å². The number of esters is 1. The lowest BCUT2D eigenvalue weighted by molar-refractivity contribution is -0.147. The van der Waals surface area contributed by atoms with Crippen LogP contribution in [0.3, 0.4) is 0 Å². The van der Waals surface area contributed by atoms with Gasteiger partial charge in [-0.3, -0.25) is 14.5 Å². The van der Waals surface area contributed by atoms with Crippen molar-refractivity contribution in [3.05, 3.63) is 71.8 Å². The number of hydrogen-bond acceptors (Lipinski definition) is 4. The molecule has 6 heteroatoms. The summed E-state index contributed by atoms with van der Waals surface area (Å²) in [5.74, 6) is -1.06. The smallest absolute Gasteiger partial charge is 0.326 e. The molecule has 0 radical (unpaired) electrons. The number of carbonyl (C=O) groups is 3. The third kappa shape index (κ3) is 3.31. The Morgan fingerprint density at radius 1 is 1.04 bits per heavy atom. The zero-order valence-corrected chi connectivity index (χ0v) is 14.5. The van der Waals surface area contributed by atoms with Gasteiger partial charge in [0.05, 0.1) is 6.61 Å². The summed E-state index contributed by atoms with van der Waals surface area (Å²) in [6.45, 7) is 1.46. The van der Waals surface area contributed by atoms with E-state index in [2.05, 4.69) is 5.32 Å². The van der Waals surface area contributed by atoms with E-state index in [1.165, 1.54) is 0 Å². The highest BCUT2D eigenvalue weighted by Gasteiger charge is 2.52. The topological polar surface area (TPSA) is 75.7 Å². The molecule has 0 saturated carbocycles. The second kappa shape index (κ2) is 7.39. The zero-order chi connectivity index (χ0) is 18.6. The summed E-state index contributed by atoms with van der Waals surface area (Å²) >= 11 is 0. The number of rotatable bonds is 6. The van der Waals surface area contributed by atoms with Gasteiger partial charge in [-0.15, -0.1) is 0 Å². The molecule has 0 bridgehead atoms. The van der Waals surface area contributed by atoms with Crippen molar-refractivity contribution in [2.24, 2.45) is 0 Å². The molecular weight excluding hydrogens is 332 g/mol. The van der Waals surface area contributed by atoms with Crippen molar-refractivity contribution in [1.82, 2.24) is 10.2 Å². The molecule has 6 nitrogen and oxygen atoms in total. The number of nitrogens with zero attached hydrogens (tertiary/aromatic N) is 1. The molecule has 3 rings (SSSR count). The molecule has 1 saturated heterocycles. The van der Waals surface area contributed by atoms with Gasteiger partial charge in [0, 0.05) is 6.42 Å². The van der Waals surface area contributed by atoms with Gasteiger partial charge in [0.25, 0.3) is 5.91 Å². The van der Waals surface area contributed by atoms with Gasteiger partial charge in [0.15, 0.2) is 5.54 Å². The first-order chi connectivity index (χ1) is 12.6. The van der Waals surface area contributed by atoms with Crippen LogP contribution in [0.15, 0.2) is 60.7 Å². The minimum Gasteiger partial charge on any atom is -0.465 e. The van der Waals surface area contributed by atoms with E-state index in [4.69, 9.17) is 4.74 Å². The van der Waals surface area contributed by atoms with E-state index in [1.54, 1.807) is 19.1 Å². The highest BCUT2D eigenvalue weighted by Crippen LogP contribution is 2.32. The van der Waals surface area contributed by atoms with Crippen LogP contribution in [0, 0.1) is 0 Å². The fourth-order valence-corrected chi connectivity index (χ4v) is 3.15. The van der Waals surface area contributed by atoms with Crippen molar-refractivity contribution in [3.8, 4) is 0 Å². The standard InChI is InChI=1S/C20H20N2O4/c1-2-26-17(23)14-22-18(24)20(21-19(22)25,16-11-7-4-8-12-16)13-15-9-5-3-6-10-15/h3-12H,2,13-14H2,1H3,(H,21,25)/t20-/m0/s1. The van der Waals surface area contributed by atoms with Crippen molar-refractivity contribution < 1.29 is 19.1 Å². The highest BCUT2D eigenvalue weighted by atomic mass is 16.5. The lowest BCUT2D eigenvalue weighted by Crippen LogP contribution is -2.46. The normalized spacial score (nSPS) is 19.3. The molecule has 134 valence electrons. The number of ether oxygens (including phenoxy) is 1. The third-order valence-electron chi connectivity index (χ3n) is 4.35. The van der Waals surface area contributed by atoms with E-state index >= 15 is 0 Å². The average molecular weight is 352 g/mol. The maximum atomic E-state index is 13.2. The van der Waals surface area contributed by atoms with Crippen LogP contribution in [0.5, 0.6) is 0 Å². The first kappa shape index (κ1) is 17.7. The van der Waals surface area contributed by atoms with E-state index in [0.717, 1.165) is 10.5 Å². The predicted octanol–water partition coefficient (Wildman–Crippen LogP) is 2.24. The Morgan fingerprint density at radius 2 is 1.65 bits per heavy atom. The van der Waals surface area contributed by atoms with Crippen molar-refractivity contribution in [2.75, 3.05) is 13.2 Å². The molecule has 0 spiro atoms. The molecule has 0 aromatic heterocycles. The number of nitrogens with one attached hydrogen (secondary N) is 1. The van der Waals surface area contributed by atoms with Crippen molar-refractivity contribution >= 4 is 17.9 Å². The summed E-state index contributed by atoms with van der Waals surface area (Å²) < 4.78 is 4.88. The second-order valence-corrected chi connectivity index (χ2v) is 6.06. The maximum Gasteiger partial charge on any atom is 0.326 e. The van der Waals surface area contributed by atoms with Gasteiger partial charge in [-0.25, -0.2) is 4.79 Å². The van der Waals surface area contributed by atoms with Crippen molar-refractivity contribution in [2.45, 2.75) is 18.9 Å². The highest BCUT2D eigenvalue weighted by molar-refractivity contribution is 6.09. The number of urea groups is 1. The Labute approximate surface area is 151 Å². The fraction of sp³-hybridized carbons (Fsp3) is 0.250. The average Bonchev–Trinajstić information content (AvgIpc) is 2.89. The molecule has 1 N–H and O–H groups in total. The van der Waals surface area contributed by atoms with E-state index in [1.807, 2.05) is 48.5 Å². The number of carbonyl (C=O) groups excluding carboxylic acids is 3. The Balaban J connectivity index is 1.98. The van der Waals surface area contributed by atoms with E-state index in [9.17, 15) is 14.4 Å². The van der Waals surface area contributed by atoms with Crippen LogP contribution in [-0.4, -0.2) is 36.0 Å². The van der Waals surface area contributed by atoms with Crippen LogP contribution in [0.4, 0.5) is 4.79 Å². The van der Waals surface area contributed by atoms with Gasteiger partial charge in [-0.05, 0) is 18.1 Å². The summed E-state index contributed by atoms with van der Waals surface area (Å²) in [5.41, 5.74) is 0.336. The van der Waals surface area contributed by atoms with Gasteiger partial charge in [0.1, 0.15) is 6.54 Å². The molecule has 1 heterocycles. The lowest BCUT2D eigenvalue weighted by atomic mass is 9.83. The fourth-order valence-electron chi connectivity index (χ4n) is 3.15. The maximum absolute atomic E-state index is 13.2. The lowest BCUT2D eigenvalue weighted by Gasteiger charge is -2.27. The Bertz CT molecular complexity index is 807. The molecule has 0 unspecified atom stereocenters. The molecule has 2 aromatic rings. The molecule has 2 aromatic carbocycles. The quantitative estimate of drug-likeness (QED) is 0.639. The number of benzene rings is 2. The summed E-state index contributed by atoms with van der Waals surface area (Å²) in [5, 5.41) is 2.81. The van der Waals surface area contributed by atoms with E-state index in [0.29, 0.717) is 12.0 Å². The summed E-state index contributed by atoms with van der Waals surface area (Å²) in [6.07, 6.45) is 0.293. The predicted molar refractivity (Wildman–Crippen MR) is 95.1 cm³/mol. The van der Waals surface area contributed by atoms with Crippen molar-refractivity contribution in [3.63, 3.8) is 0 Å². The second-order valence-electron chi connectivity index (χ2n) is 6.06. The zero-order valence-electron chi connectivity index (χ0n) is 14.5. The minimum atomic E-state index is -1.24. The molecule has 1 aliphatic rings. The van der Waals surface area contributed by atoms with Crippen LogP contribution >= 0.6 is 0 Å². The monoisotopic (exact) mass is 352 g/mol. The molecule has 1 fully saturated rings. The molecule has 1 atom stereocenters. The number of imide groups is 1. The number of hydrogen-bond donors (Lipinski definition) is 1. The summed E-state index contributed by atoms with van der Waals surface area (Å²) in [7, 11) is 0. The van der Waals surface area contributed by atoms with Gasteiger partial charge in [-0.2, -0.15) is 0 Å². The SMILES string of the molecule is CCOC(=O)CN1C(=O)N[C@@](Cc2ccccc2)(c2ccccc2)C1=O. The van der Waals surface area contributed by atoms with Gasteiger partial charge >= 0.3 is 12.0 Å². The molecule has 0 aliphatic carbocycles. The Kier molecular flexibility index (Phi) is 5.02. The first-order valence-corrected chi connectivity index (χ1v) is 8.46. The molecule has 26 heavy (non-hydrogen) atoms. The third-order valence-corrected chi connectivity index (χ3v) is 4.35. The number of amides is 3. The van der Waals surface area contributed by atoms with Crippen LogP contribution in [0.2, 0.25) is 0 Å². The van der Waals surface area contributed by atoms with Gasteiger partial charge < -0.3 is 10.1 Å². The summed E-state index contributed by atoms with van der Waals surface area (Å²) in [6, 6.07) is 17.9. The van der Waals surface area contributed by atoms with E-state index in [-0.39, 0.29) is 6.61 Å². The van der Waals surface area contributed by atoms with E-state index < -0.39 is 30.0 Å². The molecule has 3 amide bonds. The summed E-state index contributed by atoms with van der Waals surface area (Å²) in [4.78, 5) is 38.4. The Morgan fingerprint density at radius 3 is 2.27 bits per heavy atom.